The van der Waals surface area contributed by atoms with Crippen LogP contribution in [0.3, 0.4) is 0 Å². The number of nitriles is 1. The Labute approximate surface area is 209 Å². The van der Waals surface area contributed by atoms with E-state index in [9.17, 15) is 14.9 Å². The van der Waals surface area contributed by atoms with E-state index >= 15 is 0 Å². The van der Waals surface area contributed by atoms with E-state index in [0.717, 1.165) is 30.5 Å². The van der Waals surface area contributed by atoms with Crippen molar-refractivity contribution < 1.29 is 4.79 Å². The molecule has 1 aliphatic rings. The van der Waals surface area contributed by atoms with Crippen molar-refractivity contribution in [1.82, 2.24) is 14.8 Å². The van der Waals surface area contributed by atoms with Crippen molar-refractivity contribution in [2.75, 3.05) is 5.32 Å². The van der Waals surface area contributed by atoms with E-state index in [1.54, 1.807) is 0 Å². The summed E-state index contributed by atoms with van der Waals surface area (Å²) in [6.07, 6.45) is 3.43. The maximum atomic E-state index is 13.1. The molecular formula is C27H31N5O2S. The number of aromatic nitrogens is 3. The van der Waals surface area contributed by atoms with Gasteiger partial charge >= 0.3 is 0 Å². The summed E-state index contributed by atoms with van der Waals surface area (Å²) in [5.74, 6) is 0.645. The first-order valence-electron chi connectivity index (χ1n) is 12.0. The van der Waals surface area contributed by atoms with Crippen molar-refractivity contribution in [2.24, 2.45) is 11.3 Å². The molecule has 0 fully saturated rings. The molecule has 2 N–H and O–H groups in total. The number of thioether (sulfide) groups is 1. The molecule has 0 saturated carbocycles. The maximum Gasteiger partial charge on any atom is 0.273 e. The number of nitrogens with one attached hydrogen (secondary N) is 2. The summed E-state index contributed by atoms with van der Waals surface area (Å²) in [5, 5.41) is 15.7. The summed E-state index contributed by atoms with van der Waals surface area (Å²) < 4.78 is 1.38. The minimum Gasteiger partial charge on any atom is -0.310 e. The fourth-order valence-corrected chi connectivity index (χ4v) is 5.45. The Morgan fingerprint density at radius 2 is 2.06 bits per heavy atom. The number of anilines is 1. The largest absolute Gasteiger partial charge is 0.310 e. The van der Waals surface area contributed by atoms with Gasteiger partial charge in [-0.05, 0) is 60.8 Å². The fraction of sp³-hybridized carbons (Fsp3) is 0.407. The molecule has 2 aromatic heterocycles. The van der Waals surface area contributed by atoms with Crippen molar-refractivity contribution in [3.8, 4) is 11.8 Å². The van der Waals surface area contributed by atoms with Gasteiger partial charge in [0.2, 0.25) is 5.91 Å². The van der Waals surface area contributed by atoms with Crippen LogP contribution in [-0.4, -0.2) is 25.9 Å². The highest BCUT2D eigenvalue weighted by atomic mass is 32.2. The Morgan fingerprint density at radius 3 is 2.71 bits per heavy atom. The Morgan fingerprint density at radius 1 is 1.31 bits per heavy atom. The van der Waals surface area contributed by atoms with Crippen LogP contribution in [0.1, 0.15) is 57.4 Å². The average Bonchev–Trinajstić information content (AvgIpc) is 3.21. The SMILES string of the molecule is CCC(Sc1nc2c(cc1C#N)CC(C(C)(C)C)CC2)C(=O)Nc1cc(=O)n(-c2ccccc2)[nH]1. The molecule has 0 saturated heterocycles. The molecule has 1 amide bonds. The molecule has 0 spiro atoms. The van der Waals surface area contributed by atoms with Crippen LogP contribution in [0.25, 0.3) is 5.69 Å². The predicted molar refractivity (Wildman–Crippen MR) is 139 cm³/mol. The van der Waals surface area contributed by atoms with Crippen LogP contribution >= 0.6 is 11.8 Å². The number of pyridine rings is 1. The number of nitrogens with zero attached hydrogens (tertiary/aromatic N) is 3. The Bertz CT molecular complexity index is 1310. The third kappa shape index (κ3) is 5.51. The third-order valence-electron chi connectivity index (χ3n) is 6.61. The van der Waals surface area contributed by atoms with Crippen molar-refractivity contribution in [3.05, 3.63) is 69.6 Å². The number of rotatable bonds is 6. The number of amides is 1. The number of carbonyl (C=O) groups excluding carboxylic acids is 1. The quantitative estimate of drug-likeness (QED) is 0.469. The Balaban J connectivity index is 1.51. The molecule has 7 nitrogen and oxygen atoms in total. The molecule has 8 heteroatoms. The van der Waals surface area contributed by atoms with Gasteiger partial charge in [0.05, 0.1) is 16.5 Å². The van der Waals surface area contributed by atoms with Crippen molar-refractivity contribution in [3.63, 3.8) is 0 Å². The maximum absolute atomic E-state index is 13.1. The highest BCUT2D eigenvalue weighted by molar-refractivity contribution is 8.00. The van der Waals surface area contributed by atoms with Gasteiger partial charge in [0.1, 0.15) is 16.9 Å². The number of hydrogen-bond donors (Lipinski definition) is 2. The summed E-state index contributed by atoms with van der Waals surface area (Å²) in [7, 11) is 0. The summed E-state index contributed by atoms with van der Waals surface area (Å²) in [6.45, 7) is 8.71. The lowest BCUT2D eigenvalue weighted by Crippen LogP contribution is -2.28. The molecule has 182 valence electrons. The van der Waals surface area contributed by atoms with Gasteiger partial charge in [-0.3, -0.25) is 14.7 Å². The molecule has 0 bridgehead atoms. The van der Waals surface area contributed by atoms with Gasteiger partial charge in [0.25, 0.3) is 5.56 Å². The van der Waals surface area contributed by atoms with Gasteiger partial charge in [-0.25, -0.2) is 9.67 Å². The highest BCUT2D eigenvalue weighted by Crippen LogP contribution is 2.38. The van der Waals surface area contributed by atoms with E-state index in [-0.39, 0.29) is 16.9 Å². The van der Waals surface area contributed by atoms with Crippen LogP contribution in [0.5, 0.6) is 0 Å². The number of para-hydroxylation sites is 1. The second kappa shape index (κ2) is 10.1. The standard InChI is InChI=1S/C27H31N5O2S/c1-5-22(25(34)30-23-15-24(33)32(31-23)20-9-7-6-8-10-20)35-26-18(16-28)13-17-14-19(27(2,3)4)11-12-21(17)29-26/h6-10,13,15,19,22,31H,5,11-12,14H2,1-4H3,(H,30,34). The van der Waals surface area contributed by atoms with Crippen molar-refractivity contribution in [1.29, 1.82) is 5.26 Å². The van der Waals surface area contributed by atoms with Gasteiger partial charge in [-0.1, -0.05) is 57.7 Å². The lowest BCUT2D eigenvalue weighted by molar-refractivity contribution is -0.115. The van der Waals surface area contributed by atoms with E-state index in [0.29, 0.717) is 34.4 Å². The van der Waals surface area contributed by atoms with E-state index in [1.165, 1.54) is 22.5 Å². The molecular weight excluding hydrogens is 458 g/mol. The lowest BCUT2D eigenvalue weighted by Gasteiger charge is -2.34. The van der Waals surface area contributed by atoms with Crippen LogP contribution < -0.4 is 10.9 Å². The number of aromatic amines is 1. The average molecular weight is 490 g/mol. The van der Waals surface area contributed by atoms with Crippen molar-refractivity contribution >= 4 is 23.5 Å². The topological polar surface area (TPSA) is 104 Å². The first-order valence-corrected chi connectivity index (χ1v) is 12.9. The van der Waals surface area contributed by atoms with E-state index in [1.807, 2.05) is 43.3 Å². The van der Waals surface area contributed by atoms with Gasteiger partial charge in [-0.15, -0.1) is 0 Å². The number of carbonyl (C=O) groups is 1. The molecule has 1 aliphatic carbocycles. The van der Waals surface area contributed by atoms with Crippen LogP contribution in [0.2, 0.25) is 0 Å². The van der Waals surface area contributed by atoms with E-state index in [4.69, 9.17) is 4.98 Å². The molecule has 0 aliphatic heterocycles. The molecule has 2 heterocycles. The summed E-state index contributed by atoms with van der Waals surface area (Å²) in [4.78, 5) is 30.3. The normalized spacial score (nSPS) is 16.3. The zero-order valence-electron chi connectivity index (χ0n) is 20.6. The lowest BCUT2D eigenvalue weighted by atomic mass is 9.71. The molecule has 35 heavy (non-hydrogen) atoms. The summed E-state index contributed by atoms with van der Waals surface area (Å²) >= 11 is 1.31. The molecule has 1 aromatic carbocycles. The number of H-pyrrole nitrogens is 1. The van der Waals surface area contributed by atoms with Crippen LogP contribution in [0, 0.1) is 22.7 Å². The summed E-state index contributed by atoms with van der Waals surface area (Å²) in [6, 6.07) is 14.8. The number of aryl methyl sites for hydroxylation is 1. The predicted octanol–water partition coefficient (Wildman–Crippen LogP) is 5.09. The third-order valence-corrected chi connectivity index (χ3v) is 7.97. The van der Waals surface area contributed by atoms with Gasteiger partial charge in [-0.2, -0.15) is 5.26 Å². The zero-order valence-corrected chi connectivity index (χ0v) is 21.4. The monoisotopic (exact) mass is 489 g/mol. The second-order valence-electron chi connectivity index (χ2n) is 10.0. The summed E-state index contributed by atoms with van der Waals surface area (Å²) in [5.41, 5.74) is 3.33. The molecule has 4 rings (SSSR count). The minimum atomic E-state index is -0.456. The first kappa shape index (κ1) is 24.8. The Hall–Kier alpha value is -3.31. The van der Waals surface area contributed by atoms with Crippen LogP contribution in [-0.2, 0) is 17.6 Å². The molecule has 2 unspecified atom stereocenters. The fourth-order valence-electron chi connectivity index (χ4n) is 4.45. The zero-order chi connectivity index (χ0) is 25.2. The highest BCUT2D eigenvalue weighted by Gasteiger charge is 2.30. The Kier molecular flexibility index (Phi) is 7.18. The van der Waals surface area contributed by atoms with Crippen molar-refractivity contribution in [2.45, 2.75) is 63.7 Å². The molecule has 3 aromatic rings. The van der Waals surface area contributed by atoms with Crippen LogP contribution in [0.4, 0.5) is 5.82 Å². The molecule has 0 radical (unpaired) electrons. The van der Waals surface area contributed by atoms with Crippen LogP contribution in [0.15, 0.2) is 52.3 Å². The van der Waals surface area contributed by atoms with E-state index < -0.39 is 5.25 Å². The smallest absolute Gasteiger partial charge is 0.273 e. The van der Waals surface area contributed by atoms with Gasteiger partial charge < -0.3 is 5.32 Å². The second-order valence-corrected chi connectivity index (χ2v) is 11.2. The number of benzene rings is 1. The van der Waals surface area contributed by atoms with E-state index in [2.05, 4.69) is 37.3 Å². The van der Waals surface area contributed by atoms with Gasteiger partial charge in [0.15, 0.2) is 0 Å². The van der Waals surface area contributed by atoms with Gasteiger partial charge in [0, 0.05) is 11.8 Å². The first-order chi connectivity index (χ1) is 16.7. The minimum absolute atomic E-state index is 0.212. The molecule has 2 atom stereocenters. The number of fused-ring (bicyclic) bond motifs is 1. The number of hydrogen-bond acceptors (Lipinski definition) is 5.